The first-order valence-corrected chi connectivity index (χ1v) is 7.97. The van der Waals surface area contributed by atoms with E-state index in [1.807, 2.05) is 6.07 Å². The highest BCUT2D eigenvalue weighted by Gasteiger charge is 2.36. The highest BCUT2D eigenvalue weighted by molar-refractivity contribution is 6.07. The van der Waals surface area contributed by atoms with Crippen molar-refractivity contribution in [1.82, 2.24) is 9.80 Å². The van der Waals surface area contributed by atoms with Crippen molar-refractivity contribution in [1.29, 1.82) is 5.26 Å². The van der Waals surface area contributed by atoms with Gasteiger partial charge in [-0.1, -0.05) is 12.1 Å². The van der Waals surface area contributed by atoms with Crippen LogP contribution in [0.25, 0.3) is 0 Å². The molecule has 3 rings (SSSR count). The Morgan fingerprint density at radius 1 is 1.44 bits per heavy atom. The van der Waals surface area contributed by atoms with Gasteiger partial charge in [-0.3, -0.25) is 9.69 Å². The summed E-state index contributed by atoms with van der Waals surface area (Å²) < 4.78 is 5.34. The minimum absolute atomic E-state index is 0.0228. The lowest BCUT2D eigenvalue weighted by molar-refractivity contribution is -0.486. The average molecular weight is 343 g/mol. The van der Waals surface area contributed by atoms with Gasteiger partial charge in [-0.2, -0.15) is 5.26 Å². The first kappa shape index (κ1) is 16.9. The molecule has 0 N–H and O–H groups in total. The van der Waals surface area contributed by atoms with Crippen molar-refractivity contribution in [3.63, 3.8) is 0 Å². The Labute approximate surface area is 144 Å². The molecule has 9 nitrogen and oxygen atoms in total. The molecule has 1 amide bonds. The fourth-order valence-corrected chi connectivity index (χ4v) is 3.10. The van der Waals surface area contributed by atoms with E-state index >= 15 is 0 Å². The third-order valence-corrected chi connectivity index (χ3v) is 4.31. The van der Waals surface area contributed by atoms with Gasteiger partial charge >= 0.3 is 0 Å². The van der Waals surface area contributed by atoms with Crippen LogP contribution in [0.3, 0.4) is 0 Å². The predicted molar refractivity (Wildman–Crippen MR) is 87.1 cm³/mol. The third-order valence-electron chi connectivity index (χ3n) is 4.31. The van der Waals surface area contributed by atoms with Crippen LogP contribution in [0.1, 0.15) is 22.3 Å². The number of nitrogens with zero attached hydrogens (tertiary/aromatic N) is 5. The number of nitro groups is 1. The van der Waals surface area contributed by atoms with E-state index in [1.54, 1.807) is 23.1 Å². The van der Waals surface area contributed by atoms with Crippen LogP contribution in [0.15, 0.2) is 29.4 Å². The van der Waals surface area contributed by atoms with Crippen LogP contribution in [0.2, 0.25) is 0 Å². The number of amides is 1. The van der Waals surface area contributed by atoms with Gasteiger partial charge < -0.3 is 9.64 Å². The Hall–Kier alpha value is -2.99. The minimum atomic E-state index is -0.796. The summed E-state index contributed by atoms with van der Waals surface area (Å²) >= 11 is 0. The molecule has 2 aliphatic rings. The predicted octanol–water partition coefficient (Wildman–Crippen LogP) is 0.900. The second-order valence-electron chi connectivity index (χ2n) is 5.93. The van der Waals surface area contributed by atoms with Crippen LogP contribution in [0, 0.1) is 27.4 Å². The second-order valence-corrected chi connectivity index (χ2v) is 5.93. The molecule has 1 unspecified atom stereocenters. The standard InChI is InChI=1S/C16H17N5O4/c17-9-13-3-1-2-4-14(13)15(22)20-7-6-19(16(20)18-21(23)24)10-12-5-8-25-11-12/h1-4,12H,5-8,10-11H2. The first-order valence-electron chi connectivity index (χ1n) is 7.97. The van der Waals surface area contributed by atoms with Crippen LogP contribution in [-0.4, -0.2) is 59.5 Å². The largest absolute Gasteiger partial charge is 0.381 e. The van der Waals surface area contributed by atoms with E-state index in [9.17, 15) is 20.2 Å². The lowest BCUT2D eigenvalue weighted by Crippen LogP contribution is -2.40. The molecular formula is C16H17N5O4. The first-order chi connectivity index (χ1) is 12.1. The third kappa shape index (κ3) is 3.59. The summed E-state index contributed by atoms with van der Waals surface area (Å²) in [7, 11) is 0. The van der Waals surface area contributed by atoms with Gasteiger partial charge in [-0.25, -0.2) is 10.1 Å². The number of guanidine groups is 1. The molecule has 2 heterocycles. The van der Waals surface area contributed by atoms with Gasteiger partial charge in [0.2, 0.25) is 0 Å². The Morgan fingerprint density at radius 2 is 2.24 bits per heavy atom. The molecule has 1 aromatic rings. The Kier molecular flexibility index (Phi) is 4.90. The van der Waals surface area contributed by atoms with Crippen molar-refractivity contribution >= 4 is 11.9 Å². The maximum absolute atomic E-state index is 12.8. The number of carbonyl (C=O) groups is 1. The van der Waals surface area contributed by atoms with Crippen molar-refractivity contribution in [2.75, 3.05) is 32.8 Å². The highest BCUT2D eigenvalue weighted by Crippen LogP contribution is 2.20. The number of hydrazone groups is 1. The highest BCUT2D eigenvalue weighted by atomic mass is 16.7. The fraction of sp³-hybridized carbons (Fsp3) is 0.438. The molecule has 2 aliphatic heterocycles. The quantitative estimate of drug-likeness (QED) is 0.593. The molecule has 0 saturated carbocycles. The number of benzene rings is 1. The molecular weight excluding hydrogens is 326 g/mol. The van der Waals surface area contributed by atoms with E-state index in [-0.39, 0.29) is 23.0 Å². The number of hydrogen-bond acceptors (Lipinski definition) is 5. The minimum Gasteiger partial charge on any atom is -0.381 e. The van der Waals surface area contributed by atoms with E-state index in [1.165, 1.54) is 11.0 Å². The van der Waals surface area contributed by atoms with Gasteiger partial charge in [0, 0.05) is 32.2 Å². The van der Waals surface area contributed by atoms with Crippen molar-refractivity contribution in [3.8, 4) is 6.07 Å². The molecule has 2 fully saturated rings. The zero-order valence-electron chi connectivity index (χ0n) is 13.5. The molecule has 0 radical (unpaired) electrons. The molecule has 0 bridgehead atoms. The molecule has 0 spiro atoms. The van der Waals surface area contributed by atoms with Crippen molar-refractivity contribution in [2.24, 2.45) is 11.0 Å². The van der Waals surface area contributed by atoms with Crippen LogP contribution >= 0.6 is 0 Å². The van der Waals surface area contributed by atoms with E-state index in [0.717, 1.165) is 6.42 Å². The summed E-state index contributed by atoms with van der Waals surface area (Å²) in [5.41, 5.74) is 0.447. The van der Waals surface area contributed by atoms with E-state index < -0.39 is 10.9 Å². The number of ether oxygens (including phenoxy) is 1. The van der Waals surface area contributed by atoms with E-state index in [0.29, 0.717) is 32.8 Å². The lowest BCUT2D eigenvalue weighted by Gasteiger charge is -2.22. The fourth-order valence-electron chi connectivity index (χ4n) is 3.10. The van der Waals surface area contributed by atoms with Gasteiger partial charge in [0.1, 0.15) is 5.10 Å². The molecule has 9 heteroatoms. The second kappa shape index (κ2) is 7.27. The maximum atomic E-state index is 12.8. The molecule has 25 heavy (non-hydrogen) atoms. The summed E-state index contributed by atoms with van der Waals surface area (Å²) in [4.78, 5) is 26.8. The van der Waals surface area contributed by atoms with E-state index in [2.05, 4.69) is 5.10 Å². The zero-order chi connectivity index (χ0) is 17.8. The van der Waals surface area contributed by atoms with Crippen molar-refractivity contribution in [3.05, 3.63) is 45.5 Å². The average Bonchev–Trinajstić information content (AvgIpc) is 3.25. The number of nitriles is 1. The smallest absolute Gasteiger partial charge is 0.281 e. The molecule has 1 aromatic carbocycles. The SMILES string of the molecule is N#Cc1ccccc1C(=O)N1CCN(CC2CCOC2)C1=N[N+](=O)[O-]. The Balaban J connectivity index is 1.85. The van der Waals surface area contributed by atoms with Crippen molar-refractivity contribution < 1.29 is 14.6 Å². The molecule has 1 atom stereocenters. The zero-order valence-corrected chi connectivity index (χ0v) is 13.5. The van der Waals surface area contributed by atoms with Gasteiger partial charge in [0.05, 0.1) is 23.8 Å². The lowest BCUT2D eigenvalue weighted by atomic mass is 10.1. The Morgan fingerprint density at radius 3 is 2.92 bits per heavy atom. The van der Waals surface area contributed by atoms with Crippen LogP contribution in [0.4, 0.5) is 0 Å². The summed E-state index contributed by atoms with van der Waals surface area (Å²) in [6, 6.07) is 8.38. The summed E-state index contributed by atoms with van der Waals surface area (Å²) in [5.74, 6) is -0.170. The Bertz CT molecular complexity index is 751. The summed E-state index contributed by atoms with van der Waals surface area (Å²) in [6.07, 6.45) is 0.882. The maximum Gasteiger partial charge on any atom is 0.281 e. The van der Waals surface area contributed by atoms with Gasteiger partial charge in [-0.05, 0) is 18.6 Å². The molecule has 0 aliphatic carbocycles. The summed E-state index contributed by atoms with van der Waals surface area (Å²) in [6.45, 7) is 2.59. The van der Waals surface area contributed by atoms with Crippen LogP contribution < -0.4 is 0 Å². The summed E-state index contributed by atoms with van der Waals surface area (Å²) in [5, 5.41) is 22.8. The van der Waals surface area contributed by atoms with Crippen LogP contribution in [0.5, 0.6) is 0 Å². The molecule has 130 valence electrons. The van der Waals surface area contributed by atoms with Gasteiger partial charge in [0.15, 0.2) is 5.03 Å². The number of hydrogen-bond donors (Lipinski definition) is 0. The topological polar surface area (TPSA) is 112 Å². The number of carbonyl (C=O) groups excluding carboxylic acids is 1. The van der Waals surface area contributed by atoms with E-state index in [4.69, 9.17) is 4.74 Å². The molecule has 0 aromatic heterocycles. The van der Waals surface area contributed by atoms with Gasteiger partial charge in [-0.15, -0.1) is 0 Å². The molecule has 2 saturated heterocycles. The van der Waals surface area contributed by atoms with Crippen LogP contribution in [-0.2, 0) is 4.74 Å². The monoisotopic (exact) mass is 343 g/mol. The normalized spacial score (nSPS) is 21.6. The van der Waals surface area contributed by atoms with Gasteiger partial charge in [0.25, 0.3) is 11.9 Å². The van der Waals surface area contributed by atoms with Crippen molar-refractivity contribution in [2.45, 2.75) is 6.42 Å². The number of rotatable bonds is 4.